The van der Waals surface area contributed by atoms with Crippen molar-refractivity contribution in [3.05, 3.63) is 71.0 Å². The number of nitrogens with zero attached hydrogens (tertiary/aromatic N) is 4. The second-order valence-corrected chi connectivity index (χ2v) is 11.7. The van der Waals surface area contributed by atoms with Crippen LogP contribution in [0.2, 0.25) is 0 Å². The van der Waals surface area contributed by atoms with Crippen LogP contribution in [0, 0.1) is 5.92 Å². The van der Waals surface area contributed by atoms with E-state index < -0.39 is 10.0 Å². The van der Waals surface area contributed by atoms with E-state index in [1.165, 1.54) is 20.9 Å². The Hall–Kier alpha value is -2.66. The van der Waals surface area contributed by atoms with Gasteiger partial charge in [0, 0.05) is 62.3 Å². The number of thiazole rings is 1. The number of hydrogen-bond donors (Lipinski definition) is 1. The molecule has 0 radical (unpaired) electrons. The average molecular weight is 498 g/mol. The smallest absolute Gasteiger partial charge is 0.244 e. The minimum Gasteiger partial charge on any atom is -0.302 e. The van der Waals surface area contributed by atoms with Crippen molar-refractivity contribution >= 4 is 32.4 Å². The number of amides is 1. The predicted molar refractivity (Wildman–Crippen MR) is 131 cm³/mol. The molecular formula is C24H27N5O3S2. The first-order chi connectivity index (χ1) is 16.5. The van der Waals surface area contributed by atoms with Gasteiger partial charge in [-0.3, -0.25) is 14.7 Å². The average Bonchev–Trinajstić information content (AvgIpc) is 3.27. The lowest BCUT2D eigenvalue weighted by Gasteiger charge is -2.30. The van der Waals surface area contributed by atoms with Gasteiger partial charge in [-0.25, -0.2) is 13.4 Å². The molecule has 1 aromatic carbocycles. The van der Waals surface area contributed by atoms with E-state index in [2.05, 4.69) is 44.5 Å². The van der Waals surface area contributed by atoms with Crippen molar-refractivity contribution in [3.8, 4) is 0 Å². The number of sulfonamides is 1. The quantitative estimate of drug-likeness (QED) is 0.562. The molecule has 1 amide bonds. The van der Waals surface area contributed by atoms with Crippen LogP contribution in [0.5, 0.6) is 0 Å². The van der Waals surface area contributed by atoms with E-state index in [4.69, 9.17) is 0 Å². The van der Waals surface area contributed by atoms with Gasteiger partial charge in [0.25, 0.3) is 0 Å². The van der Waals surface area contributed by atoms with Crippen LogP contribution in [0.3, 0.4) is 0 Å². The molecule has 0 bridgehead atoms. The van der Waals surface area contributed by atoms with Gasteiger partial charge in [0.1, 0.15) is 4.90 Å². The summed E-state index contributed by atoms with van der Waals surface area (Å²) >= 11 is 1.55. The lowest BCUT2D eigenvalue weighted by Crippen LogP contribution is -2.41. The van der Waals surface area contributed by atoms with Crippen LogP contribution in [0.15, 0.2) is 59.8 Å². The summed E-state index contributed by atoms with van der Waals surface area (Å²) in [6.45, 7) is 3.32. The molecule has 8 nitrogen and oxygen atoms in total. The summed E-state index contributed by atoms with van der Waals surface area (Å²) in [5.74, 6) is -0.304. The van der Waals surface area contributed by atoms with E-state index in [0.717, 1.165) is 31.7 Å². The van der Waals surface area contributed by atoms with Gasteiger partial charge < -0.3 is 5.32 Å². The summed E-state index contributed by atoms with van der Waals surface area (Å²) in [5, 5.41) is 3.63. The van der Waals surface area contributed by atoms with Gasteiger partial charge in [0.05, 0.1) is 5.69 Å². The SMILES string of the molecule is O=C(Nc1nc2c(s1)CN(Cc1ccccc1)CC2)C1CCN(S(=O)(=O)c2cccnc2)CC1. The van der Waals surface area contributed by atoms with Crippen molar-refractivity contribution in [2.45, 2.75) is 37.2 Å². The highest BCUT2D eigenvalue weighted by atomic mass is 32.2. The standard InChI is InChI=1S/C24H27N5O3S2/c30-23(19-8-13-29(14-9-19)34(31,32)20-7-4-11-25-15-20)27-24-26-21-10-12-28(17-22(21)33-24)16-18-5-2-1-3-6-18/h1-7,11,15,19H,8-10,12-14,16-17H2,(H,26,27,30). The van der Waals surface area contributed by atoms with Crippen LogP contribution < -0.4 is 5.32 Å². The van der Waals surface area contributed by atoms with Crippen LogP contribution in [0.25, 0.3) is 0 Å². The second kappa shape index (κ2) is 9.91. The first-order valence-corrected chi connectivity index (χ1v) is 13.7. The molecule has 0 spiro atoms. The van der Waals surface area contributed by atoms with Gasteiger partial charge in [0.15, 0.2) is 5.13 Å². The molecule has 10 heteroatoms. The first-order valence-electron chi connectivity index (χ1n) is 11.4. The number of rotatable bonds is 6. The molecule has 3 aromatic rings. The summed E-state index contributed by atoms with van der Waals surface area (Å²) in [4.78, 5) is 25.3. The molecular weight excluding hydrogens is 470 g/mol. The Kier molecular flexibility index (Phi) is 6.73. The molecule has 178 valence electrons. The normalized spacial score (nSPS) is 17.9. The summed E-state index contributed by atoms with van der Waals surface area (Å²) < 4.78 is 27.0. The van der Waals surface area contributed by atoms with Gasteiger partial charge in [-0.1, -0.05) is 30.3 Å². The number of carbonyl (C=O) groups is 1. The number of pyridine rings is 1. The Balaban J connectivity index is 1.16. The number of carbonyl (C=O) groups excluding carboxylic acids is 1. The highest BCUT2D eigenvalue weighted by Gasteiger charge is 2.32. The van der Waals surface area contributed by atoms with E-state index >= 15 is 0 Å². The fraction of sp³-hybridized carbons (Fsp3) is 0.375. The summed E-state index contributed by atoms with van der Waals surface area (Å²) in [5.41, 5.74) is 2.36. The minimum atomic E-state index is -3.58. The van der Waals surface area contributed by atoms with Gasteiger partial charge in [-0.15, -0.1) is 11.3 Å². The molecule has 34 heavy (non-hydrogen) atoms. The first kappa shape index (κ1) is 23.1. The van der Waals surface area contributed by atoms with Crippen LogP contribution in [0.1, 0.15) is 29.0 Å². The van der Waals surface area contributed by atoms with Gasteiger partial charge in [-0.05, 0) is 30.5 Å². The molecule has 0 aliphatic carbocycles. The van der Waals surface area contributed by atoms with E-state index in [9.17, 15) is 13.2 Å². The molecule has 0 unspecified atom stereocenters. The highest BCUT2D eigenvalue weighted by Crippen LogP contribution is 2.30. The molecule has 4 heterocycles. The third-order valence-electron chi connectivity index (χ3n) is 6.39. The predicted octanol–water partition coefficient (Wildman–Crippen LogP) is 3.14. The molecule has 1 N–H and O–H groups in total. The van der Waals surface area contributed by atoms with Crippen molar-refractivity contribution in [2.24, 2.45) is 5.92 Å². The maximum atomic E-state index is 12.9. The lowest BCUT2D eigenvalue weighted by molar-refractivity contribution is -0.120. The van der Waals surface area contributed by atoms with E-state index in [1.807, 2.05) is 6.07 Å². The molecule has 0 atom stereocenters. The zero-order valence-corrected chi connectivity index (χ0v) is 20.4. The molecule has 0 saturated carbocycles. The van der Waals surface area contributed by atoms with Gasteiger partial charge in [0.2, 0.25) is 15.9 Å². The second-order valence-electron chi connectivity index (χ2n) is 8.69. The third-order valence-corrected chi connectivity index (χ3v) is 9.27. The van der Waals surface area contributed by atoms with Crippen LogP contribution in [-0.2, 0) is 34.3 Å². The number of aromatic nitrogens is 2. The molecule has 2 aromatic heterocycles. The van der Waals surface area contributed by atoms with Crippen molar-refractivity contribution in [2.75, 3.05) is 25.0 Å². The fourth-order valence-corrected chi connectivity index (χ4v) is 6.98. The Bertz CT molecular complexity index is 1240. The Morgan fingerprint density at radius 3 is 2.62 bits per heavy atom. The fourth-order valence-electron chi connectivity index (χ4n) is 4.49. The molecule has 2 aliphatic rings. The van der Waals surface area contributed by atoms with Gasteiger partial charge >= 0.3 is 0 Å². The molecule has 2 aliphatic heterocycles. The number of nitrogens with one attached hydrogen (secondary N) is 1. The summed E-state index contributed by atoms with van der Waals surface area (Å²) in [7, 11) is -3.58. The van der Waals surface area contributed by atoms with E-state index in [-0.39, 0.29) is 16.7 Å². The number of anilines is 1. The largest absolute Gasteiger partial charge is 0.302 e. The van der Waals surface area contributed by atoms with Crippen molar-refractivity contribution in [1.82, 2.24) is 19.2 Å². The Morgan fingerprint density at radius 2 is 1.88 bits per heavy atom. The Morgan fingerprint density at radius 1 is 1.09 bits per heavy atom. The van der Waals surface area contributed by atoms with Crippen LogP contribution in [0.4, 0.5) is 5.13 Å². The number of fused-ring (bicyclic) bond motifs is 1. The number of piperidine rings is 1. The summed E-state index contributed by atoms with van der Waals surface area (Å²) in [6, 6.07) is 13.6. The number of benzene rings is 1. The molecule has 1 saturated heterocycles. The van der Waals surface area contributed by atoms with E-state index in [1.54, 1.807) is 29.7 Å². The topological polar surface area (TPSA) is 95.5 Å². The van der Waals surface area contributed by atoms with Crippen molar-refractivity contribution < 1.29 is 13.2 Å². The minimum absolute atomic E-state index is 0.0781. The van der Waals surface area contributed by atoms with Crippen molar-refractivity contribution in [3.63, 3.8) is 0 Å². The maximum absolute atomic E-state index is 12.9. The maximum Gasteiger partial charge on any atom is 0.244 e. The monoisotopic (exact) mass is 497 g/mol. The summed E-state index contributed by atoms with van der Waals surface area (Å²) in [6.07, 6.45) is 4.76. The Labute approximate surface area is 203 Å². The molecule has 5 rings (SSSR count). The van der Waals surface area contributed by atoms with Gasteiger partial charge in [-0.2, -0.15) is 4.31 Å². The zero-order chi connectivity index (χ0) is 23.5. The zero-order valence-electron chi connectivity index (χ0n) is 18.8. The number of hydrogen-bond acceptors (Lipinski definition) is 7. The van der Waals surface area contributed by atoms with Crippen LogP contribution in [-0.4, -0.2) is 53.1 Å². The van der Waals surface area contributed by atoms with Crippen LogP contribution >= 0.6 is 11.3 Å². The molecule has 1 fully saturated rings. The highest BCUT2D eigenvalue weighted by molar-refractivity contribution is 7.89. The lowest BCUT2D eigenvalue weighted by atomic mass is 9.97. The van der Waals surface area contributed by atoms with E-state index in [0.29, 0.717) is 31.1 Å². The van der Waals surface area contributed by atoms with Crippen molar-refractivity contribution in [1.29, 1.82) is 0 Å². The third kappa shape index (κ3) is 5.05.